The summed E-state index contributed by atoms with van der Waals surface area (Å²) >= 11 is 0. The predicted octanol–water partition coefficient (Wildman–Crippen LogP) is 0.395. The van der Waals surface area contributed by atoms with E-state index < -0.39 is 12.0 Å². The van der Waals surface area contributed by atoms with Crippen molar-refractivity contribution < 1.29 is 19.4 Å². The van der Waals surface area contributed by atoms with Gasteiger partial charge in [0.25, 0.3) is 0 Å². The summed E-state index contributed by atoms with van der Waals surface area (Å²) in [5, 5.41) is 11.7. The first kappa shape index (κ1) is 18.9. The summed E-state index contributed by atoms with van der Waals surface area (Å²) in [5.41, 5.74) is 0. The summed E-state index contributed by atoms with van der Waals surface area (Å²) in [6.45, 7) is 7.26. The molecule has 0 heterocycles. The first-order valence-electron chi connectivity index (χ1n) is 7.20. The van der Waals surface area contributed by atoms with Gasteiger partial charge in [-0.25, -0.2) is 4.79 Å². The zero-order valence-corrected chi connectivity index (χ0v) is 13.0. The van der Waals surface area contributed by atoms with Crippen LogP contribution in [0, 0.1) is 5.92 Å². The normalized spacial score (nSPS) is 13.9. The SMILES string of the molecule is CCCN(CCO)CC(=O)N[C@@H](C(=O)OC)[C@H](C)CC. The van der Waals surface area contributed by atoms with Crippen molar-refractivity contribution in [3.8, 4) is 0 Å². The van der Waals surface area contributed by atoms with Crippen LogP contribution < -0.4 is 5.32 Å². The lowest BCUT2D eigenvalue weighted by molar-refractivity contribution is -0.146. The largest absolute Gasteiger partial charge is 0.467 e. The lowest BCUT2D eigenvalue weighted by atomic mass is 9.99. The molecule has 0 saturated heterocycles. The van der Waals surface area contributed by atoms with Crippen LogP contribution in [0.25, 0.3) is 0 Å². The molecule has 0 aromatic heterocycles. The van der Waals surface area contributed by atoms with E-state index in [4.69, 9.17) is 9.84 Å². The third-order valence-corrected chi connectivity index (χ3v) is 3.31. The van der Waals surface area contributed by atoms with Crippen LogP contribution in [-0.2, 0) is 14.3 Å². The highest BCUT2D eigenvalue weighted by atomic mass is 16.5. The monoisotopic (exact) mass is 288 g/mol. The number of hydrogen-bond acceptors (Lipinski definition) is 5. The Labute approximate surface area is 121 Å². The van der Waals surface area contributed by atoms with E-state index in [0.717, 1.165) is 19.4 Å². The Morgan fingerprint density at radius 3 is 2.40 bits per heavy atom. The number of nitrogens with one attached hydrogen (secondary N) is 1. The minimum absolute atomic E-state index is 0.0130. The van der Waals surface area contributed by atoms with Crippen LogP contribution in [0.1, 0.15) is 33.6 Å². The molecule has 0 saturated carbocycles. The number of hydrogen-bond donors (Lipinski definition) is 2. The van der Waals surface area contributed by atoms with Crippen LogP contribution in [-0.4, -0.2) is 61.3 Å². The number of rotatable bonds is 10. The van der Waals surface area contributed by atoms with Gasteiger partial charge in [0.15, 0.2) is 0 Å². The van der Waals surface area contributed by atoms with E-state index in [2.05, 4.69) is 5.32 Å². The van der Waals surface area contributed by atoms with E-state index in [0.29, 0.717) is 6.54 Å². The van der Waals surface area contributed by atoms with E-state index in [1.54, 1.807) is 0 Å². The standard InChI is InChI=1S/C14H28N2O4/c1-5-7-16(8-9-17)10-12(18)15-13(11(3)6-2)14(19)20-4/h11,13,17H,5-10H2,1-4H3,(H,15,18)/t11-,13-/m1/s1. The van der Waals surface area contributed by atoms with Crippen molar-refractivity contribution in [3.63, 3.8) is 0 Å². The number of esters is 1. The van der Waals surface area contributed by atoms with Crippen LogP contribution in [0.5, 0.6) is 0 Å². The molecule has 0 spiro atoms. The predicted molar refractivity (Wildman–Crippen MR) is 77.2 cm³/mol. The van der Waals surface area contributed by atoms with Gasteiger partial charge in [-0.2, -0.15) is 0 Å². The fourth-order valence-electron chi connectivity index (χ4n) is 1.95. The van der Waals surface area contributed by atoms with E-state index in [-0.39, 0.29) is 25.0 Å². The fraction of sp³-hybridized carbons (Fsp3) is 0.857. The third kappa shape index (κ3) is 6.86. The van der Waals surface area contributed by atoms with Gasteiger partial charge >= 0.3 is 5.97 Å². The second kappa shape index (κ2) is 10.6. The molecule has 0 rings (SSSR count). The van der Waals surface area contributed by atoms with Crippen molar-refractivity contribution in [2.75, 3.05) is 33.4 Å². The van der Waals surface area contributed by atoms with Gasteiger partial charge in [-0.05, 0) is 18.9 Å². The average molecular weight is 288 g/mol. The summed E-state index contributed by atoms with van der Waals surface area (Å²) in [4.78, 5) is 25.6. The molecule has 0 bridgehead atoms. The number of nitrogens with zero attached hydrogens (tertiary/aromatic N) is 1. The lowest BCUT2D eigenvalue weighted by Gasteiger charge is -2.24. The Morgan fingerprint density at radius 1 is 1.30 bits per heavy atom. The van der Waals surface area contributed by atoms with E-state index in [1.165, 1.54) is 7.11 Å². The highest BCUT2D eigenvalue weighted by Crippen LogP contribution is 2.09. The summed E-state index contributed by atoms with van der Waals surface area (Å²) in [6.07, 6.45) is 1.68. The average Bonchev–Trinajstić information content (AvgIpc) is 2.43. The van der Waals surface area contributed by atoms with Crippen LogP contribution >= 0.6 is 0 Å². The minimum atomic E-state index is -0.616. The number of methoxy groups -OCH3 is 1. The quantitative estimate of drug-likeness (QED) is 0.569. The molecule has 0 aromatic carbocycles. The van der Waals surface area contributed by atoms with Gasteiger partial charge in [-0.1, -0.05) is 27.2 Å². The molecule has 1 amide bonds. The van der Waals surface area contributed by atoms with Gasteiger partial charge in [0.2, 0.25) is 5.91 Å². The molecule has 0 aliphatic rings. The Hall–Kier alpha value is -1.14. The van der Waals surface area contributed by atoms with E-state index >= 15 is 0 Å². The van der Waals surface area contributed by atoms with Gasteiger partial charge < -0.3 is 15.2 Å². The first-order chi connectivity index (χ1) is 9.49. The second-order valence-electron chi connectivity index (χ2n) is 4.95. The van der Waals surface area contributed by atoms with Crippen LogP contribution in [0.15, 0.2) is 0 Å². The molecule has 118 valence electrons. The zero-order chi connectivity index (χ0) is 15.5. The van der Waals surface area contributed by atoms with Crippen molar-refractivity contribution in [1.29, 1.82) is 0 Å². The van der Waals surface area contributed by atoms with Crippen molar-refractivity contribution in [3.05, 3.63) is 0 Å². The smallest absolute Gasteiger partial charge is 0.328 e. The number of ether oxygens (including phenoxy) is 1. The topological polar surface area (TPSA) is 78.9 Å². The molecule has 0 aromatic rings. The molecule has 20 heavy (non-hydrogen) atoms. The maximum Gasteiger partial charge on any atom is 0.328 e. The third-order valence-electron chi connectivity index (χ3n) is 3.31. The molecular formula is C14H28N2O4. The maximum atomic E-state index is 12.0. The van der Waals surface area contributed by atoms with Crippen molar-refractivity contribution in [2.24, 2.45) is 5.92 Å². The molecule has 6 nitrogen and oxygen atoms in total. The lowest BCUT2D eigenvalue weighted by Crippen LogP contribution is -2.49. The Bertz CT molecular complexity index is 291. The Morgan fingerprint density at radius 2 is 1.95 bits per heavy atom. The Kier molecular flexibility index (Phi) is 10.0. The molecule has 2 N–H and O–H groups in total. The van der Waals surface area contributed by atoms with Crippen LogP contribution in [0.2, 0.25) is 0 Å². The maximum absolute atomic E-state index is 12.0. The number of amides is 1. The number of aliphatic hydroxyl groups excluding tert-OH is 1. The van der Waals surface area contributed by atoms with Crippen LogP contribution in [0.4, 0.5) is 0 Å². The molecular weight excluding hydrogens is 260 g/mol. The van der Waals surface area contributed by atoms with Crippen molar-refractivity contribution >= 4 is 11.9 Å². The van der Waals surface area contributed by atoms with Gasteiger partial charge in [-0.3, -0.25) is 9.69 Å². The summed E-state index contributed by atoms with van der Waals surface area (Å²) in [6, 6.07) is -0.616. The molecule has 0 aliphatic carbocycles. The highest BCUT2D eigenvalue weighted by Gasteiger charge is 2.26. The summed E-state index contributed by atoms with van der Waals surface area (Å²) in [5.74, 6) is -0.622. The van der Waals surface area contributed by atoms with Crippen molar-refractivity contribution in [1.82, 2.24) is 10.2 Å². The molecule has 0 radical (unpaired) electrons. The first-order valence-corrected chi connectivity index (χ1v) is 7.20. The molecule has 0 unspecified atom stereocenters. The zero-order valence-electron chi connectivity index (χ0n) is 13.0. The fourth-order valence-corrected chi connectivity index (χ4v) is 1.95. The van der Waals surface area contributed by atoms with Crippen molar-refractivity contribution in [2.45, 2.75) is 39.7 Å². The number of carbonyl (C=O) groups excluding carboxylic acids is 2. The number of carbonyl (C=O) groups is 2. The van der Waals surface area contributed by atoms with E-state index in [9.17, 15) is 9.59 Å². The molecule has 0 aliphatic heterocycles. The van der Waals surface area contributed by atoms with Gasteiger partial charge in [0.05, 0.1) is 20.3 Å². The second-order valence-corrected chi connectivity index (χ2v) is 4.95. The molecule has 6 heteroatoms. The van der Waals surface area contributed by atoms with Crippen LogP contribution in [0.3, 0.4) is 0 Å². The van der Waals surface area contributed by atoms with E-state index in [1.807, 2.05) is 25.7 Å². The molecule has 0 fully saturated rings. The number of aliphatic hydroxyl groups is 1. The Balaban J connectivity index is 4.54. The summed E-state index contributed by atoms with van der Waals surface area (Å²) < 4.78 is 4.73. The molecule has 2 atom stereocenters. The highest BCUT2D eigenvalue weighted by molar-refractivity contribution is 5.85. The van der Waals surface area contributed by atoms with Gasteiger partial charge in [0.1, 0.15) is 6.04 Å². The van der Waals surface area contributed by atoms with Gasteiger partial charge in [0, 0.05) is 6.54 Å². The minimum Gasteiger partial charge on any atom is -0.467 e. The summed E-state index contributed by atoms with van der Waals surface area (Å²) in [7, 11) is 1.32. The van der Waals surface area contributed by atoms with Gasteiger partial charge in [-0.15, -0.1) is 0 Å².